The third kappa shape index (κ3) is 6.73. The van der Waals surface area contributed by atoms with Crippen LogP contribution in [0.2, 0.25) is 0 Å². The van der Waals surface area contributed by atoms with Gasteiger partial charge in [-0.05, 0) is 49.4 Å². The normalized spacial score (nSPS) is 15.6. The molecular formula is C34H37N3O4. The lowest BCUT2D eigenvalue weighted by Gasteiger charge is -2.32. The molecule has 41 heavy (non-hydrogen) atoms. The smallest absolute Gasteiger partial charge is 0.261 e. The quantitative estimate of drug-likeness (QED) is 0.337. The molecule has 0 radical (unpaired) electrons. The van der Waals surface area contributed by atoms with E-state index in [0.717, 1.165) is 42.4 Å². The van der Waals surface area contributed by atoms with Gasteiger partial charge >= 0.3 is 0 Å². The number of carbonyl (C=O) groups is 4. The molecule has 0 bridgehead atoms. The first-order valence-electron chi connectivity index (χ1n) is 14.6. The van der Waals surface area contributed by atoms with Gasteiger partial charge in [-0.15, -0.1) is 0 Å². The summed E-state index contributed by atoms with van der Waals surface area (Å²) >= 11 is 0. The van der Waals surface area contributed by atoms with E-state index >= 15 is 0 Å². The summed E-state index contributed by atoms with van der Waals surface area (Å²) in [5.74, 6) is -0.967. The minimum atomic E-state index is -0.689. The molecule has 1 unspecified atom stereocenters. The average molecular weight is 552 g/mol. The van der Waals surface area contributed by atoms with Crippen molar-refractivity contribution in [2.45, 2.75) is 70.5 Å². The van der Waals surface area contributed by atoms with Crippen molar-refractivity contribution in [1.82, 2.24) is 15.1 Å². The lowest BCUT2D eigenvalue weighted by atomic mass is 10.0. The van der Waals surface area contributed by atoms with Gasteiger partial charge in [0, 0.05) is 32.0 Å². The monoisotopic (exact) mass is 551 g/mol. The lowest BCUT2D eigenvalue weighted by molar-refractivity contribution is -0.141. The number of aryl methyl sites for hydroxylation is 1. The zero-order valence-electron chi connectivity index (χ0n) is 23.6. The number of hydrogen-bond acceptors (Lipinski definition) is 4. The number of fused-ring (bicyclic) bond motifs is 1. The predicted molar refractivity (Wildman–Crippen MR) is 157 cm³/mol. The highest BCUT2D eigenvalue weighted by Gasteiger charge is 2.36. The van der Waals surface area contributed by atoms with Crippen molar-refractivity contribution in [1.29, 1.82) is 0 Å². The van der Waals surface area contributed by atoms with Gasteiger partial charge in [0.15, 0.2) is 0 Å². The molecule has 0 spiro atoms. The molecule has 2 aliphatic rings. The molecule has 1 aliphatic carbocycles. The van der Waals surface area contributed by atoms with Gasteiger partial charge in [-0.1, -0.05) is 85.1 Å². The molecular weight excluding hydrogens is 514 g/mol. The minimum absolute atomic E-state index is 0.112. The van der Waals surface area contributed by atoms with Crippen LogP contribution in [0.4, 0.5) is 0 Å². The summed E-state index contributed by atoms with van der Waals surface area (Å²) in [4.78, 5) is 56.2. The largest absolute Gasteiger partial charge is 0.352 e. The second-order valence-corrected chi connectivity index (χ2v) is 11.1. The Labute approximate surface area is 241 Å². The fourth-order valence-electron chi connectivity index (χ4n) is 5.79. The van der Waals surface area contributed by atoms with Gasteiger partial charge in [0.25, 0.3) is 11.8 Å². The molecule has 0 saturated heterocycles. The standard InChI is InChI=1S/C34H37N3O4/c1-24-17-19-26(20-18-24)23-37(30(22-25-10-3-2-4-11-25)32(39)35-27-12-5-6-13-27)31(38)16-9-21-36-33(40)28-14-7-8-15-29(28)34(36)41/h2-4,7-8,10-11,14-15,17-20,27,30H,5-6,9,12-13,16,21-23H2,1H3,(H,35,39). The Morgan fingerprint density at radius 1 is 0.854 bits per heavy atom. The van der Waals surface area contributed by atoms with Crippen molar-refractivity contribution < 1.29 is 19.2 Å². The van der Waals surface area contributed by atoms with Gasteiger partial charge < -0.3 is 10.2 Å². The van der Waals surface area contributed by atoms with Crippen LogP contribution in [-0.4, -0.2) is 52.1 Å². The Morgan fingerprint density at radius 3 is 2.10 bits per heavy atom. The van der Waals surface area contributed by atoms with Crippen molar-refractivity contribution in [2.75, 3.05) is 6.54 Å². The molecule has 3 aromatic carbocycles. The van der Waals surface area contributed by atoms with Crippen LogP contribution in [0.3, 0.4) is 0 Å². The summed E-state index contributed by atoms with van der Waals surface area (Å²) in [6.45, 7) is 2.45. The molecule has 3 aromatic rings. The number of benzene rings is 3. The van der Waals surface area contributed by atoms with E-state index in [1.165, 1.54) is 4.90 Å². The molecule has 5 rings (SSSR count). The van der Waals surface area contributed by atoms with Crippen LogP contribution in [0.1, 0.15) is 75.9 Å². The van der Waals surface area contributed by atoms with Gasteiger partial charge in [0.05, 0.1) is 11.1 Å². The van der Waals surface area contributed by atoms with E-state index in [9.17, 15) is 19.2 Å². The molecule has 1 heterocycles. The number of nitrogens with zero attached hydrogens (tertiary/aromatic N) is 2. The average Bonchev–Trinajstić information content (AvgIpc) is 3.58. The van der Waals surface area contributed by atoms with Crippen molar-refractivity contribution in [3.63, 3.8) is 0 Å². The van der Waals surface area contributed by atoms with E-state index in [1.54, 1.807) is 29.2 Å². The van der Waals surface area contributed by atoms with E-state index in [1.807, 2.05) is 61.5 Å². The summed E-state index contributed by atoms with van der Waals surface area (Å²) < 4.78 is 0. The first-order chi connectivity index (χ1) is 19.9. The fraction of sp³-hybridized carbons (Fsp3) is 0.353. The van der Waals surface area contributed by atoms with Crippen LogP contribution >= 0.6 is 0 Å². The predicted octanol–water partition coefficient (Wildman–Crippen LogP) is 5.07. The fourth-order valence-corrected chi connectivity index (χ4v) is 5.79. The number of carbonyl (C=O) groups excluding carboxylic acids is 4. The molecule has 1 aliphatic heterocycles. The van der Waals surface area contributed by atoms with Crippen molar-refractivity contribution >= 4 is 23.6 Å². The van der Waals surface area contributed by atoms with Crippen LogP contribution in [-0.2, 0) is 22.6 Å². The van der Waals surface area contributed by atoms with Crippen molar-refractivity contribution in [3.05, 3.63) is 107 Å². The number of amides is 4. The highest BCUT2D eigenvalue weighted by atomic mass is 16.2. The zero-order valence-corrected chi connectivity index (χ0v) is 23.6. The maximum Gasteiger partial charge on any atom is 0.261 e. The summed E-state index contributed by atoms with van der Waals surface area (Å²) in [7, 11) is 0. The molecule has 1 fully saturated rings. The highest BCUT2D eigenvalue weighted by molar-refractivity contribution is 6.21. The number of hydrogen-bond donors (Lipinski definition) is 1. The summed E-state index contributed by atoms with van der Waals surface area (Å²) in [6.07, 6.45) is 4.93. The zero-order chi connectivity index (χ0) is 28.8. The van der Waals surface area contributed by atoms with Crippen molar-refractivity contribution in [3.8, 4) is 0 Å². The van der Waals surface area contributed by atoms with Gasteiger partial charge in [0.1, 0.15) is 6.04 Å². The van der Waals surface area contributed by atoms with E-state index in [-0.39, 0.29) is 42.6 Å². The Kier molecular flexibility index (Phi) is 8.92. The molecule has 1 saturated carbocycles. The Balaban J connectivity index is 1.35. The Bertz CT molecular complexity index is 1360. The maximum atomic E-state index is 13.9. The van der Waals surface area contributed by atoms with Gasteiger partial charge in [-0.3, -0.25) is 24.1 Å². The Hall–Kier alpha value is -4.26. The first-order valence-corrected chi connectivity index (χ1v) is 14.6. The SMILES string of the molecule is Cc1ccc(CN(C(=O)CCCN2C(=O)c3ccccc3C2=O)C(Cc2ccccc2)C(=O)NC2CCCC2)cc1. The van der Waals surface area contributed by atoms with Crippen LogP contribution in [0, 0.1) is 6.92 Å². The third-order valence-electron chi connectivity index (χ3n) is 8.10. The van der Waals surface area contributed by atoms with E-state index in [0.29, 0.717) is 30.5 Å². The van der Waals surface area contributed by atoms with Crippen molar-refractivity contribution in [2.24, 2.45) is 0 Å². The second-order valence-electron chi connectivity index (χ2n) is 11.1. The second kappa shape index (κ2) is 12.9. The maximum absolute atomic E-state index is 13.9. The van der Waals surface area contributed by atoms with Crippen LogP contribution in [0.15, 0.2) is 78.9 Å². The molecule has 212 valence electrons. The summed E-state index contributed by atoms with van der Waals surface area (Å²) in [5, 5.41) is 3.22. The first kappa shape index (κ1) is 28.3. The van der Waals surface area contributed by atoms with Gasteiger partial charge in [-0.2, -0.15) is 0 Å². The molecule has 7 nitrogen and oxygen atoms in total. The molecule has 1 N–H and O–H groups in total. The minimum Gasteiger partial charge on any atom is -0.352 e. The molecule has 4 amide bonds. The van der Waals surface area contributed by atoms with Crippen LogP contribution < -0.4 is 5.32 Å². The highest BCUT2D eigenvalue weighted by Crippen LogP contribution is 2.24. The summed E-state index contributed by atoms with van der Waals surface area (Å²) in [6, 6.07) is 24.0. The number of nitrogens with one attached hydrogen (secondary N) is 1. The van der Waals surface area contributed by atoms with E-state index in [4.69, 9.17) is 0 Å². The van der Waals surface area contributed by atoms with E-state index in [2.05, 4.69) is 5.32 Å². The van der Waals surface area contributed by atoms with Crippen LogP contribution in [0.5, 0.6) is 0 Å². The van der Waals surface area contributed by atoms with Gasteiger partial charge in [0.2, 0.25) is 11.8 Å². The Morgan fingerprint density at radius 2 is 1.46 bits per heavy atom. The van der Waals surface area contributed by atoms with Crippen LogP contribution in [0.25, 0.3) is 0 Å². The number of rotatable bonds is 11. The van der Waals surface area contributed by atoms with E-state index < -0.39 is 6.04 Å². The van der Waals surface area contributed by atoms with Gasteiger partial charge in [-0.25, -0.2) is 0 Å². The third-order valence-corrected chi connectivity index (χ3v) is 8.10. The lowest BCUT2D eigenvalue weighted by Crippen LogP contribution is -2.52. The number of imide groups is 1. The summed E-state index contributed by atoms with van der Waals surface area (Å²) in [5.41, 5.74) is 3.84. The molecule has 1 atom stereocenters. The molecule has 0 aromatic heterocycles. The molecule has 7 heteroatoms. The topological polar surface area (TPSA) is 86.8 Å².